The molecule has 0 aliphatic heterocycles. The summed E-state index contributed by atoms with van der Waals surface area (Å²) in [5.41, 5.74) is -0.00963. The van der Waals surface area contributed by atoms with E-state index < -0.39 is 5.60 Å². The van der Waals surface area contributed by atoms with Gasteiger partial charge >= 0.3 is 5.97 Å². The zero-order valence-electron chi connectivity index (χ0n) is 16.4. The number of carbonyl (C=O) groups is 2. The summed E-state index contributed by atoms with van der Waals surface area (Å²) >= 11 is 0. The minimum Gasteiger partial charge on any atom is -0.461 e. The number of ketones is 1. The Morgan fingerprint density at radius 3 is 2.78 bits per heavy atom. The summed E-state index contributed by atoms with van der Waals surface area (Å²) < 4.78 is 5.62. The zero-order chi connectivity index (χ0) is 19.4. The summed E-state index contributed by atoms with van der Waals surface area (Å²) in [6, 6.07) is 0. The highest BCUT2D eigenvalue weighted by Crippen LogP contribution is 2.66. The van der Waals surface area contributed by atoms with Gasteiger partial charge in [0.05, 0.1) is 0 Å². The van der Waals surface area contributed by atoms with E-state index in [0.29, 0.717) is 30.6 Å². The van der Waals surface area contributed by atoms with Gasteiger partial charge in [0.25, 0.3) is 0 Å². The van der Waals surface area contributed by atoms with Crippen LogP contribution in [0.4, 0.5) is 0 Å². The topological polar surface area (TPSA) is 63.6 Å². The Hall–Kier alpha value is -1.60. The molecule has 0 saturated heterocycles. The van der Waals surface area contributed by atoms with Crippen LogP contribution in [0.25, 0.3) is 0 Å². The van der Waals surface area contributed by atoms with Crippen LogP contribution in [0.2, 0.25) is 0 Å². The number of ether oxygens (including phenoxy) is 1. The Kier molecular flexibility index (Phi) is 4.50. The van der Waals surface area contributed by atoms with Crippen molar-refractivity contribution in [2.24, 2.45) is 29.1 Å². The molecule has 0 aromatic rings. The van der Waals surface area contributed by atoms with E-state index in [1.165, 1.54) is 12.5 Å². The first-order valence-corrected chi connectivity index (χ1v) is 10.5. The first kappa shape index (κ1) is 18.7. The van der Waals surface area contributed by atoms with Crippen LogP contribution in [0.3, 0.4) is 0 Å². The molecule has 0 spiro atoms. The molecule has 3 saturated carbocycles. The van der Waals surface area contributed by atoms with E-state index in [1.807, 2.05) is 6.08 Å². The Morgan fingerprint density at radius 2 is 2.11 bits per heavy atom. The Balaban J connectivity index is 1.68. The van der Waals surface area contributed by atoms with Crippen molar-refractivity contribution in [3.8, 4) is 12.3 Å². The maximum Gasteiger partial charge on any atom is 0.302 e. The number of hydrogen-bond donors (Lipinski definition) is 1. The van der Waals surface area contributed by atoms with Crippen molar-refractivity contribution in [3.63, 3.8) is 0 Å². The maximum absolute atomic E-state index is 12.2. The molecule has 4 nitrogen and oxygen atoms in total. The van der Waals surface area contributed by atoms with Crippen molar-refractivity contribution >= 4 is 11.8 Å². The predicted molar refractivity (Wildman–Crippen MR) is 101 cm³/mol. The van der Waals surface area contributed by atoms with E-state index in [0.717, 1.165) is 38.5 Å². The van der Waals surface area contributed by atoms with E-state index in [9.17, 15) is 14.7 Å². The quantitative estimate of drug-likeness (QED) is 0.597. The van der Waals surface area contributed by atoms with Crippen molar-refractivity contribution in [2.75, 3.05) is 0 Å². The van der Waals surface area contributed by atoms with Crippen LogP contribution in [0, 0.1) is 41.4 Å². The second kappa shape index (κ2) is 6.48. The van der Waals surface area contributed by atoms with Crippen molar-refractivity contribution in [1.82, 2.24) is 0 Å². The number of esters is 1. The first-order chi connectivity index (χ1) is 12.8. The van der Waals surface area contributed by atoms with Gasteiger partial charge in [-0.15, -0.1) is 6.42 Å². The molecule has 4 aliphatic rings. The summed E-state index contributed by atoms with van der Waals surface area (Å²) in [4.78, 5) is 23.8. The highest BCUT2D eigenvalue weighted by atomic mass is 16.5. The number of hydrogen-bond acceptors (Lipinski definition) is 4. The van der Waals surface area contributed by atoms with E-state index in [4.69, 9.17) is 11.2 Å². The summed E-state index contributed by atoms with van der Waals surface area (Å²) in [5, 5.41) is 11.2. The molecule has 27 heavy (non-hydrogen) atoms. The van der Waals surface area contributed by atoms with Crippen molar-refractivity contribution < 1.29 is 19.4 Å². The van der Waals surface area contributed by atoms with Gasteiger partial charge in [-0.05, 0) is 68.8 Å². The lowest BCUT2D eigenvalue weighted by Gasteiger charge is -2.56. The molecule has 0 unspecified atom stereocenters. The van der Waals surface area contributed by atoms with E-state index in [-0.39, 0.29) is 29.2 Å². The van der Waals surface area contributed by atoms with Crippen LogP contribution in [-0.4, -0.2) is 28.6 Å². The molecule has 0 aromatic carbocycles. The SMILES string of the molecule is C#C[C@]1(O)CC[C@H]2[C@@H]3CCC4=CC(=O)C[C@H](OC(C)=O)[C@@H]4[C@H]3CC[C@@]21CC. The van der Waals surface area contributed by atoms with Gasteiger partial charge in [0.2, 0.25) is 0 Å². The van der Waals surface area contributed by atoms with Crippen LogP contribution < -0.4 is 0 Å². The summed E-state index contributed by atoms with van der Waals surface area (Å²) in [6.45, 7) is 3.59. The number of fused-ring (bicyclic) bond motifs is 5. The van der Waals surface area contributed by atoms with Crippen LogP contribution in [0.15, 0.2) is 11.6 Å². The van der Waals surface area contributed by atoms with Crippen LogP contribution in [0.5, 0.6) is 0 Å². The number of carbonyl (C=O) groups excluding carboxylic acids is 2. The van der Waals surface area contributed by atoms with Crippen molar-refractivity contribution in [1.29, 1.82) is 0 Å². The number of terminal acetylenes is 1. The lowest BCUT2D eigenvalue weighted by Crippen LogP contribution is -2.55. The molecule has 146 valence electrons. The molecular weight excluding hydrogens is 340 g/mol. The number of aliphatic hydroxyl groups is 1. The molecule has 4 rings (SSSR count). The largest absolute Gasteiger partial charge is 0.461 e. The summed E-state index contributed by atoms with van der Waals surface area (Å²) in [7, 11) is 0. The highest BCUT2D eigenvalue weighted by Gasteiger charge is 2.64. The fraction of sp³-hybridized carbons (Fsp3) is 0.739. The predicted octanol–water partition coefficient (Wildman–Crippen LogP) is 3.42. The lowest BCUT2D eigenvalue weighted by molar-refractivity contribution is -0.156. The van der Waals surface area contributed by atoms with Gasteiger partial charge in [-0.3, -0.25) is 9.59 Å². The molecule has 0 bridgehead atoms. The number of rotatable bonds is 2. The average molecular weight is 370 g/mol. The molecule has 7 atom stereocenters. The maximum atomic E-state index is 12.2. The van der Waals surface area contributed by atoms with E-state index in [2.05, 4.69) is 12.8 Å². The van der Waals surface area contributed by atoms with Crippen LogP contribution in [0.1, 0.15) is 65.2 Å². The molecule has 0 aromatic heterocycles. The third-order valence-corrected chi connectivity index (χ3v) is 8.33. The zero-order valence-corrected chi connectivity index (χ0v) is 16.4. The molecule has 1 N–H and O–H groups in total. The lowest BCUT2D eigenvalue weighted by atomic mass is 9.49. The minimum absolute atomic E-state index is 0.0761. The van der Waals surface area contributed by atoms with Gasteiger partial charge in [0, 0.05) is 24.7 Å². The third kappa shape index (κ3) is 2.62. The summed E-state index contributed by atoms with van der Waals surface area (Å²) in [5.74, 6) is 3.98. The van der Waals surface area contributed by atoms with E-state index >= 15 is 0 Å². The van der Waals surface area contributed by atoms with Gasteiger partial charge in [0.1, 0.15) is 11.7 Å². The van der Waals surface area contributed by atoms with Gasteiger partial charge in [-0.2, -0.15) is 0 Å². The van der Waals surface area contributed by atoms with Gasteiger partial charge in [-0.1, -0.05) is 18.4 Å². The fourth-order valence-corrected chi connectivity index (χ4v) is 7.33. The van der Waals surface area contributed by atoms with Crippen molar-refractivity contribution in [2.45, 2.75) is 76.9 Å². The van der Waals surface area contributed by atoms with Crippen molar-refractivity contribution in [3.05, 3.63) is 11.6 Å². The van der Waals surface area contributed by atoms with Gasteiger partial charge < -0.3 is 9.84 Å². The van der Waals surface area contributed by atoms with Crippen LogP contribution >= 0.6 is 0 Å². The smallest absolute Gasteiger partial charge is 0.302 e. The fourth-order valence-electron chi connectivity index (χ4n) is 7.33. The second-order valence-electron chi connectivity index (χ2n) is 9.13. The summed E-state index contributed by atoms with van der Waals surface area (Å²) in [6.07, 6.45) is 14.0. The first-order valence-electron chi connectivity index (χ1n) is 10.5. The Bertz CT molecular complexity index is 731. The molecule has 0 amide bonds. The van der Waals surface area contributed by atoms with E-state index in [1.54, 1.807) is 0 Å². The molecule has 4 aliphatic carbocycles. The Morgan fingerprint density at radius 1 is 1.33 bits per heavy atom. The molecular formula is C23H30O4. The molecule has 0 radical (unpaired) electrons. The van der Waals surface area contributed by atoms with Crippen LogP contribution in [-0.2, 0) is 14.3 Å². The van der Waals surface area contributed by atoms with Gasteiger partial charge in [-0.25, -0.2) is 0 Å². The van der Waals surface area contributed by atoms with Gasteiger partial charge in [0.15, 0.2) is 5.78 Å². The highest BCUT2D eigenvalue weighted by molar-refractivity contribution is 5.92. The third-order valence-electron chi connectivity index (χ3n) is 8.33. The monoisotopic (exact) mass is 370 g/mol. The second-order valence-corrected chi connectivity index (χ2v) is 9.13. The Labute approximate surface area is 161 Å². The molecule has 0 heterocycles. The molecule has 3 fully saturated rings. The normalized spacial score (nSPS) is 45.8. The minimum atomic E-state index is -0.995. The standard InChI is InChI=1S/C23H30O4/c1-4-22-10-8-18-17(19(22)9-11-23(22,26)5-2)7-6-15-12-16(25)13-20(21(15)18)27-14(3)24/h2,12,17-21,26H,4,6-11,13H2,1,3H3/t17-,18+,19+,20+,21+,22+,23+/m1/s1. The average Bonchev–Trinajstić information content (AvgIpc) is 2.94. The molecule has 4 heteroatoms.